The topological polar surface area (TPSA) is 86.5 Å². The molecule has 194 valence electrons. The predicted octanol–water partition coefficient (Wildman–Crippen LogP) is 5.02. The number of benzene rings is 4. The average molecular weight is 513 g/mol. The summed E-state index contributed by atoms with van der Waals surface area (Å²) in [5, 5.41) is 13.5. The van der Waals surface area contributed by atoms with Gasteiger partial charge in [0.1, 0.15) is 12.5 Å². The summed E-state index contributed by atoms with van der Waals surface area (Å²) in [6, 6.07) is 37.8. The second-order valence-corrected chi connectivity index (χ2v) is 9.65. The molecule has 4 aromatic carbocycles. The summed E-state index contributed by atoms with van der Waals surface area (Å²) in [7, 11) is 0. The van der Waals surface area contributed by atoms with Crippen LogP contribution in [0.15, 0.2) is 133 Å². The molecular weight excluding hydrogens is 480 g/mol. The van der Waals surface area contributed by atoms with E-state index >= 15 is 0 Å². The summed E-state index contributed by atoms with van der Waals surface area (Å²) in [5.41, 5.74) is 15.1. The van der Waals surface area contributed by atoms with Crippen molar-refractivity contribution in [3.63, 3.8) is 0 Å². The number of rotatable bonds is 7. The van der Waals surface area contributed by atoms with Crippen molar-refractivity contribution in [2.45, 2.75) is 18.6 Å². The third-order valence-corrected chi connectivity index (χ3v) is 6.99. The minimum Gasteiger partial charge on any atom is -0.364 e. The fourth-order valence-corrected chi connectivity index (χ4v) is 4.84. The van der Waals surface area contributed by atoms with Crippen LogP contribution in [0, 0.1) is 0 Å². The van der Waals surface area contributed by atoms with E-state index in [0.29, 0.717) is 0 Å². The van der Waals surface area contributed by atoms with Gasteiger partial charge in [-0.25, -0.2) is 0 Å². The Balaban J connectivity index is 1.21. The van der Waals surface area contributed by atoms with Crippen LogP contribution >= 0.6 is 0 Å². The van der Waals surface area contributed by atoms with Gasteiger partial charge in [-0.2, -0.15) is 0 Å². The molecule has 2 heterocycles. The van der Waals surface area contributed by atoms with Gasteiger partial charge in [0.15, 0.2) is 0 Å². The number of nitrogens with one attached hydrogen (secondary N) is 4. The van der Waals surface area contributed by atoms with Gasteiger partial charge in [0.05, 0.1) is 11.9 Å². The molecule has 6 rings (SSSR count). The molecule has 6 nitrogen and oxygen atoms in total. The standard InChI is InChI=1S/C33H32N6/c34-31(39-33-35-20-7-21-36-33)27-18-14-24(15-19-27)23-12-16-26(17-13-23)30-22-29(25-8-3-1-4-9-25)37-32(38-30)28-10-5-2-6-11-28/h1-20,22,31-33,35-36,38-39H,21,34H2. The monoisotopic (exact) mass is 512 g/mol. The SMILES string of the molecule is NC(NC1NC=CCN1)c1ccc(-c2ccc(C3=CC(c4ccccc4)=NC(c4ccccc4)N3)cc2)cc1. The number of nitrogens with two attached hydrogens (primary N) is 1. The molecule has 0 aromatic heterocycles. The summed E-state index contributed by atoms with van der Waals surface area (Å²) in [4.78, 5) is 5.03. The molecule has 0 fully saturated rings. The lowest BCUT2D eigenvalue weighted by atomic mass is 9.99. The van der Waals surface area contributed by atoms with Gasteiger partial charge in [-0.05, 0) is 45.7 Å². The molecule has 2 aliphatic heterocycles. The summed E-state index contributed by atoms with van der Waals surface area (Å²) < 4.78 is 0. The highest BCUT2D eigenvalue weighted by atomic mass is 15.3. The van der Waals surface area contributed by atoms with E-state index < -0.39 is 0 Å². The number of aliphatic imine (C=N–C) groups is 1. The zero-order valence-electron chi connectivity index (χ0n) is 21.6. The van der Waals surface area contributed by atoms with Crippen LogP contribution < -0.4 is 27.0 Å². The number of hydrogen-bond acceptors (Lipinski definition) is 6. The van der Waals surface area contributed by atoms with Crippen LogP contribution in [0.2, 0.25) is 0 Å². The van der Waals surface area contributed by atoms with Crippen molar-refractivity contribution in [2.75, 3.05) is 6.54 Å². The molecule has 0 amide bonds. The lowest BCUT2D eigenvalue weighted by molar-refractivity contribution is 0.350. The molecule has 3 unspecified atom stereocenters. The molecule has 0 aliphatic carbocycles. The number of allylic oxidation sites excluding steroid dienone is 1. The van der Waals surface area contributed by atoms with Gasteiger partial charge in [-0.1, -0.05) is 115 Å². The number of hydrogen-bond donors (Lipinski definition) is 5. The third-order valence-electron chi connectivity index (χ3n) is 6.99. The van der Waals surface area contributed by atoms with Crippen molar-refractivity contribution in [2.24, 2.45) is 10.7 Å². The normalized spacial score (nSPS) is 19.3. The van der Waals surface area contributed by atoms with Crippen molar-refractivity contribution in [3.8, 4) is 11.1 Å². The molecule has 0 radical (unpaired) electrons. The van der Waals surface area contributed by atoms with Gasteiger partial charge < -0.3 is 16.4 Å². The zero-order valence-corrected chi connectivity index (χ0v) is 21.6. The Morgan fingerprint density at radius 2 is 1.38 bits per heavy atom. The van der Waals surface area contributed by atoms with E-state index in [-0.39, 0.29) is 18.6 Å². The summed E-state index contributed by atoms with van der Waals surface area (Å²) in [6.07, 6.45) is 5.63. The lowest BCUT2D eigenvalue weighted by Crippen LogP contribution is -2.55. The lowest BCUT2D eigenvalue weighted by Gasteiger charge is -2.26. The van der Waals surface area contributed by atoms with E-state index in [9.17, 15) is 0 Å². The Hall–Kier alpha value is -4.49. The van der Waals surface area contributed by atoms with Crippen molar-refractivity contribution in [1.29, 1.82) is 0 Å². The molecule has 39 heavy (non-hydrogen) atoms. The van der Waals surface area contributed by atoms with Crippen LogP contribution in [0.3, 0.4) is 0 Å². The maximum atomic E-state index is 6.39. The summed E-state index contributed by atoms with van der Waals surface area (Å²) in [5.74, 6) is 0. The zero-order chi connectivity index (χ0) is 26.4. The predicted molar refractivity (Wildman–Crippen MR) is 159 cm³/mol. The second-order valence-electron chi connectivity index (χ2n) is 9.65. The highest BCUT2D eigenvalue weighted by molar-refractivity contribution is 6.13. The van der Waals surface area contributed by atoms with Crippen LogP contribution in [-0.4, -0.2) is 18.5 Å². The van der Waals surface area contributed by atoms with Gasteiger partial charge >= 0.3 is 0 Å². The Morgan fingerprint density at radius 1 is 0.744 bits per heavy atom. The van der Waals surface area contributed by atoms with Crippen LogP contribution in [0.25, 0.3) is 16.8 Å². The first kappa shape index (κ1) is 24.8. The quantitative estimate of drug-likeness (QED) is 0.225. The minimum atomic E-state index is -0.278. The van der Waals surface area contributed by atoms with Crippen LogP contribution in [-0.2, 0) is 0 Å². The van der Waals surface area contributed by atoms with Crippen molar-refractivity contribution < 1.29 is 0 Å². The molecule has 6 N–H and O–H groups in total. The first-order valence-electron chi connectivity index (χ1n) is 13.3. The van der Waals surface area contributed by atoms with Gasteiger partial charge in [-0.3, -0.25) is 15.6 Å². The Kier molecular flexibility index (Phi) is 7.32. The molecule has 0 spiro atoms. The van der Waals surface area contributed by atoms with Crippen LogP contribution in [0.5, 0.6) is 0 Å². The molecule has 0 bridgehead atoms. The molecule has 3 atom stereocenters. The Labute approximate surface area is 229 Å². The fraction of sp³-hybridized carbons (Fsp3) is 0.121. The Bertz CT molecular complexity index is 1480. The first-order valence-corrected chi connectivity index (χ1v) is 13.3. The van der Waals surface area contributed by atoms with Crippen molar-refractivity contribution in [1.82, 2.24) is 21.3 Å². The molecule has 4 aromatic rings. The smallest absolute Gasteiger partial charge is 0.145 e. The number of nitrogens with zero attached hydrogens (tertiary/aromatic N) is 1. The van der Waals surface area contributed by atoms with Gasteiger partial charge in [0, 0.05) is 12.2 Å². The van der Waals surface area contributed by atoms with E-state index in [1.165, 1.54) is 0 Å². The molecule has 0 saturated carbocycles. The second kappa shape index (κ2) is 11.5. The van der Waals surface area contributed by atoms with Crippen molar-refractivity contribution in [3.05, 3.63) is 150 Å². The minimum absolute atomic E-state index is 0.0473. The largest absolute Gasteiger partial charge is 0.364 e. The molecule has 2 aliphatic rings. The molecule has 0 saturated heterocycles. The first-order chi connectivity index (χ1) is 19.2. The summed E-state index contributed by atoms with van der Waals surface area (Å²) in [6.45, 7) is 0.812. The van der Waals surface area contributed by atoms with Gasteiger partial charge in [-0.15, -0.1) is 0 Å². The Morgan fingerprint density at radius 3 is 2.05 bits per heavy atom. The summed E-state index contributed by atoms with van der Waals surface area (Å²) >= 11 is 0. The third kappa shape index (κ3) is 5.84. The van der Waals surface area contributed by atoms with E-state index in [2.05, 4.69) is 124 Å². The van der Waals surface area contributed by atoms with Crippen LogP contribution in [0.1, 0.15) is 34.6 Å². The molecular formula is C33H32N6. The highest BCUT2D eigenvalue weighted by Crippen LogP contribution is 2.28. The highest BCUT2D eigenvalue weighted by Gasteiger charge is 2.19. The average Bonchev–Trinajstić information content (AvgIpc) is 3.02. The van der Waals surface area contributed by atoms with Gasteiger partial charge in [0.25, 0.3) is 0 Å². The van der Waals surface area contributed by atoms with Crippen LogP contribution in [0.4, 0.5) is 0 Å². The van der Waals surface area contributed by atoms with E-state index in [1.807, 2.05) is 24.4 Å². The fourth-order valence-electron chi connectivity index (χ4n) is 4.84. The van der Waals surface area contributed by atoms with E-state index in [1.54, 1.807) is 0 Å². The maximum absolute atomic E-state index is 6.39. The maximum Gasteiger partial charge on any atom is 0.145 e. The van der Waals surface area contributed by atoms with Gasteiger partial charge in [0.2, 0.25) is 0 Å². The van der Waals surface area contributed by atoms with E-state index in [4.69, 9.17) is 10.7 Å². The van der Waals surface area contributed by atoms with E-state index in [0.717, 1.165) is 51.3 Å². The molecule has 6 heteroatoms. The van der Waals surface area contributed by atoms with Crippen molar-refractivity contribution >= 4 is 11.4 Å².